The number of benzene rings is 4. The number of halogens is 4. The number of nitrogens with one attached hydrogen (secondary N) is 6. The molecule has 0 unspecified atom stereocenters. The van der Waals surface area contributed by atoms with Gasteiger partial charge in [0, 0.05) is 55.1 Å². The molecule has 4 aromatic rings. The van der Waals surface area contributed by atoms with Crippen LogP contribution in [0.3, 0.4) is 0 Å². The number of fused-ring (bicyclic) bond motifs is 4. The third-order valence-electron chi connectivity index (χ3n) is 9.91. The van der Waals surface area contributed by atoms with E-state index in [1.165, 1.54) is 17.7 Å². The Hall–Kier alpha value is -4.66. The van der Waals surface area contributed by atoms with Crippen LogP contribution < -0.4 is 31.9 Å². The van der Waals surface area contributed by atoms with Gasteiger partial charge in [0.25, 0.3) is 0 Å². The number of rotatable bonds is 8. The van der Waals surface area contributed by atoms with Gasteiger partial charge in [-0.25, -0.2) is 9.59 Å². The van der Waals surface area contributed by atoms with E-state index in [9.17, 15) is 22.8 Å². The second-order valence-electron chi connectivity index (χ2n) is 14.0. The molecule has 53 heavy (non-hydrogen) atoms. The summed E-state index contributed by atoms with van der Waals surface area (Å²) in [7, 11) is 0. The Morgan fingerprint density at radius 3 is 1.47 bits per heavy atom. The molecule has 4 fully saturated rings. The fourth-order valence-electron chi connectivity index (χ4n) is 7.27. The third kappa shape index (κ3) is 9.29. The summed E-state index contributed by atoms with van der Waals surface area (Å²) in [5.74, 6) is 0. The standard InChI is InChI=1S/C20H20F3N3O2.C19H20ClN3O2/c21-20(22,23)14-3-7-16(8-4-14)26-18(27)25-15-5-1-13(2-6-15)9-19-10-17(11-28-19)24-12-19;20-16-3-1-2-4-17(16)23-18(24)22-14-7-5-13(6-8-14)9-19-10-15(11-25-19)21-12-19/h1-8,17,24H,9-12H2,(H2,25,26,27);1-8,15,21H,9-12H2,(H2,22,23,24)/t17-,19-;15-,19-/m00/s1. The van der Waals surface area contributed by atoms with E-state index in [2.05, 4.69) is 31.9 Å². The van der Waals surface area contributed by atoms with Crippen LogP contribution in [-0.4, -0.2) is 61.7 Å². The molecule has 8 rings (SSSR count). The minimum absolute atomic E-state index is 0.0545. The van der Waals surface area contributed by atoms with Crippen LogP contribution in [0, 0.1) is 0 Å². The summed E-state index contributed by atoms with van der Waals surface area (Å²) in [6.45, 7) is 3.33. The molecule has 278 valence electrons. The summed E-state index contributed by atoms with van der Waals surface area (Å²) in [5.41, 5.74) is 3.59. The summed E-state index contributed by atoms with van der Waals surface area (Å²) >= 11 is 6.04. The summed E-state index contributed by atoms with van der Waals surface area (Å²) < 4.78 is 49.6. The van der Waals surface area contributed by atoms with Crippen LogP contribution in [0.25, 0.3) is 0 Å². The predicted molar refractivity (Wildman–Crippen MR) is 199 cm³/mol. The first kappa shape index (κ1) is 36.7. The lowest BCUT2D eigenvalue weighted by Crippen LogP contribution is -2.40. The van der Waals surface area contributed by atoms with Crippen LogP contribution in [0.4, 0.5) is 45.5 Å². The zero-order valence-electron chi connectivity index (χ0n) is 28.7. The number of amides is 4. The van der Waals surface area contributed by atoms with Crippen LogP contribution in [0.15, 0.2) is 97.1 Å². The minimum atomic E-state index is -4.40. The highest BCUT2D eigenvalue weighted by molar-refractivity contribution is 6.33. The van der Waals surface area contributed by atoms with Gasteiger partial charge < -0.3 is 41.4 Å². The van der Waals surface area contributed by atoms with Gasteiger partial charge in [-0.15, -0.1) is 0 Å². The summed E-state index contributed by atoms with van der Waals surface area (Å²) in [6, 6.07) is 26.9. The Balaban J connectivity index is 0.000000165. The van der Waals surface area contributed by atoms with E-state index in [-0.39, 0.29) is 22.9 Å². The van der Waals surface area contributed by atoms with Gasteiger partial charge in [0.15, 0.2) is 0 Å². The Labute approximate surface area is 310 Å². The molecule has 0 radical (unpaired) electrons. The van der Waals surface area contributed by atoms with Crippen molar-refractivity contribution in [1.29, 1.82) is 0 Å². The fraction of sp³-hybridized carbons (Fsp3) is 0.333. The molecule has 4 amide bonds. The number of carbonyl (C=O) groups is 2. The van der Waals surface area contributed by atoms with Crippen molar-refractivity contribution in [3.63, 3.8) is 0 Å². The predicted octanol–water partition coefficient (Wildman–Crippen LogP) is 7.68. The lowest BCUT2D eigenvalue weighted by atomic mass is 9.93. The summed E-state index contributed by atoms with van der Waals surface area (Å²) in [5, 5.41) is 18.2. The van der Waals surface area contributed by atoms with Gasteiger partial charge in [-0.05, 0) is 84.6 Å². The number of anilines is 4. The maximum absolute atomic E-state index is 12.6. The first-order chi connectivity index (χ1) is 25.4. The van der Waals surface area contributed by atoms with Crippen molar-refractivity contribution < 1.29 is 32.2 Å². The van der Waals surface area contributed by atoms with Crippen molar-refractivity contribution in [2.24, 2.45) is 0 Å². The van der Waals surface area contributed by atoms with Crippen molar-refractivity contribution >= 4 is 46.4 Å². The minimum Gasteiger partial charge on any atom is -0.372 e. The van der Waals surface area contributed by atoms with Gasteiger partial charge in [-0.3, -0.25) is 0 Å². The molecule has 4 atom stereocenters. The van der Waals surface area contributed by atoms with Gasteiger partial charge in [0.2, 0.25) is 0 Å². The van der Waals surface area contributed by atoms with Crippen molar-refractivity contribution in [2.75, 3.05) is 47.6 Å². The average Bonchev–Trinajstić information content (AvgIpc) is 3.93. The molecular weight excluding hydrogens is 709 g/mol. The zero-order chi connectivity index (χ0) is 37.1. The quantitative estimate of drug-likeness (QED) is 0.110. The second kappa shape index (κ2) is 15.4. The Morgan fingerprint density at radius 2 is 1.09 bits per heavy atom. The topological polar surface area (TPSA) is 125 Å². The van der Waals surface area contributed by atoms with E-state index in [0.29, 0.717) is 28.5 Å². The Bertz CT molecular complexity index is 1890. The number of para-hydroxylation sites is 1. The molecular formula is C39H40ClF3N6O4. The molecule has 6 N–H and O–H groups in total. The van der Waals surface area contributed by atoms with Crippen LogP contribution in [-0.2, 0) is 28.5 Å². The molecule has 0 aliphatic carbocycles. The molecule has 10 nitrogen and oxygen atoms in total. The maximum atomic E-state index is 12.6. The van der Waals surface area contributed by atoms with Gasteiger partial charge in [-0.1, -0.05) is 48.0 Å². The molecule has 0 aromatic heterocycles. The first-order valence-electron chi connectivity index (χ1n) is 17.4. The fourth-order valence-corrected chi connectivity index (χ4v) is 7.45. The number of alkyl halides is 3. The Morgan fingerprint density at radius 1 is 0.660 bits per heavy atom. The lowest BCUT2D eigenvalue weighted by Gasteiger charge is -2.26. The molecule has 4 aromatic carbocycles. The number of ether oxygens (including phenoxy) is 2. The van der Waals surface area contributed by atoms with Gasteiger partial charge >= 0.3 is 18.2 Å². The van der Waals surface area contributed by atoms with Crippen molar-refractivity contribution in [2.45, 2.75) is 55.1 Å². The lowest BCUT2D eigenvalue weighted by molar-refractivity contribution is -0.137. The van der Waals surface area contributed by atoms with Crippen molar-refractivity contribution in [3.05, 3.63) is 119 Å². The number of carbonyl (C=O) groups excluding carboxylic acids is 2. The van der Waals surface area contributed by atoms with Crippen LogP contribution in [0.2, 0.25) is 5.02 Å². The molecule has 4 aliphatic rings. The van der Waals surface area contributed by atoms with E-state index in [0.717, 1.165) is 75.4 Å². The highest BCUT2D eigenvalue weighted by Crippen LogP contribution is 2.36. The molecule has 0 spiro atoms. The number of morpholine rings is 2. The van der Waals surface area contributed by atoms with Gasteiger partial charge in [-0.2, -0.15) is 13.2 Å². The Kier molecular flexibility index (Phi) is 10.6. The van der Waals surface area contributed by atoms with Crippen LogP contribution in [0.5, 0.6) is 0 Å². The van der Waals surface area contributed by atoms with Crippen LogP contribution >= 0.6 is 11.6 Å². The van der Waals surface area contributed by atoms with E-state index >= 15 is 0 Å². The van der Waals surface area contributed by atoms with E-state index in [1.807, 2.05) is 48.5 Å². The molecule has 4 saturated heterocycles. The number of hydrogen-bond acceptors (Lipinski definition) is 6. The third-order valence-corrected chi connectivity index (χ3v) is 10.2. The number of hydrogen-bond donors (Lipinski definition) is 6. The normalized spacial score (nSPS) is 23.9. The second-order valence-corrected chi connectivity index (χ2v) is 14.4. The average molecular weight is 749 g/mol. The molecule has 4 heterocycles. The van der Waals surface area contributed by atoms with Crippen molar-refractivity contribution in [1.82, 2.24) is 10.6 Å². The van der Waals surface area contributed by atoms with Crippen molar-refractivity contribution in [3.8, 4) is 0 Å². The number of urea groups is 2. The largest absolute Gasteiger partial charge is 0.416 e. The maximum Gasteiger partial charge on any atom is 0.416 e. The highest BCUT2D eigenvalue weighted by Gasteiger charge is 2.47. The zero-order valence-corrected chi connectivity index (χ0v) is 29.4. The van der Waals surface area contributed by atoms with Crippen LogP contribution in [0.1, 0.15) is 29.5 Å². The smallest absolute Gasteiger partial charge is 0.372 e. The highest BCUT2D eigenvalue weighted by atomic mass is 35.5. The monoisotopic (exact) mass is 748 g/mol. The first-order valence-corrected chi connectivity index (χ1v) is 17.8. The summed E-state index contributed by atoms with van der Waals surface area (Å²) in [6.07, 6.45) is -0.603. The molecule has 14 heteroatoms. The van der Waals surface area contributed by atoms with Gasteiger partial charge in [0.05, 0.1) is 40.7 Å². The van der Waals surface area contributed by atoms with E-state index in [4.69, 9.17) is 21.1 Å². The molecule has 0 saturated carbocycles. The molecule has 4 aliphatic heterocycles. The van der Waals surface area contributed by atoms with Gasteiger partial charge in [0.1, 0.15) is 0 Å². The summed E-state index contributed by atoms with van der Waals surface area (Å²) in [4.78, 5) is 24.1. The molecule has 4 bridgehead atoms. The van der Waals surface area contributed by atoms with E-state index < -0.39 is 17.8 Å². The van der Waals surface area contributed by atoms with E-state index in [1.54, 1.807) is 24.3 Å². The SMILES string of the molecule is O=C(Nc1ccc(C[C@]23CN[C@H](CO2)C3)cc1)Nc1ccc(C(F)(F)F)cc1.O=C(Nc1ccc(C[C@]23CN[C@H](CO2)C3)cc1)Nc1ccccc1Cl.